The highest BCUT2D eigenvalue weighted by molar-refractivity contribution is 5.74. The molecule has 5 nitrogen and oxygen atoms in total. The molecule has 3 atom stereocenters. The third-order valence-corrected chi connectivity index (χ3v) is 2.90. The molecule has 0 amide bonds. The van der Waals surface area contributed by atoms with Crippen LogP contribution in [0.15, 0.2) is 24.3 Å². The normalized spacial score (nSPS) is 27.3. The number of carboxylic acids is 1. The molecule has 0 aromatic heterocycles. The number of benzene rings is 1. The van der Waals surface area contributed by atoms with Gasteiger partial charge in [-0.25, -0.2) is 4.39 Å². The van der Waals surface area contributed by atoms with E-state index in [0.29, 0.717) is 0 Å². The van der Waals surface area contributed by atoms with Gasteiger partial charge in [-0.2, -0.15) is 0 Å². The fraction of sp³-hybridized carbons (Fsp3) is 0.417. The molecule has 0 bridgehead atoms. The molecule has 0 spiro atoms. The van der Waals surface area contributed by atoms with E-state index in [0.717, 1.165) is 5.56 Å². The van der Waals surface area contributed by atoms with Gasteiger partial charge in [0, 0.05) is 6.54 Å². The van der Waals surface area contributed by atoms with E-state index in [-0.39, 0.29) is 19.0 Å². The van der Waals surface area contributed by atoms with Crippen LogP contribution in [0, 0.1) is 5.82 Å². The predicted octanol–water partition coefficient (Wildman–Crippen LogP) is 0.128. The minimum Gasteiger partial charge on any atom is -0.480 e. The topological polar surface area (TPSA) is 78.8 Å². The van der Waals surface area contributed by atoms with Crippen molar-refractivity contribution in [2.24, 2.45) is 0 Å². The molecule has 1 fully saturated rings. The van der Waals surface area contributed by atoms with Crippen LogP contribution in [0.5, 0.6) is 0 Å². The Balaban J connectivity index is 1.88. The number of carboxylic acid groups (broad SMARTS) is 1. The minimum absolute atomic E-state index is 0.204. The number of ether oxygens (including phenoxy) is 1. The average Bonchev–Trinajstić information content (AvgIpc) is 2.70. The first-order valence-electron chi connectivity index (χ1n) is 5.58. The Morgan fingerprint density at radius 3 is 2.67 bits per heavy atom. The van der Waals surface area contributed by atoms with Gasteiger partial charge in [0.25, 0.3) is 0 Å². The first kappa shape index (κ1) is 12.9. The molecule has 0 unspecified atom stereocenters. The Labute approximate surface area is 103 Å². The molecule has 98 valence electrons. The molecule has 1 aromatic rings. The molecule has 3 N–H and O–H groups in total. The monoisotopic (exact) mass is 255 g/mol. The van der Waals surface area contributed by atoms with Gasteiger partial charge in [0.1, 0.15) is 18.0 Å². The predicted molar refractivity (Wildman–Crippen MR) is 60.4 cm³/mol. The van der Waals surface area contributed by atoms with E-state index in [1.807, 2.05) is 0 Å². The number of halogens is 1. The second kappa shape index (κ2) is 5.43. The molecule has 6 heteroatoms. The Morgan fingerprint density at radius 1 is 1.44 bits per heavy atom. The van der Waals surface area contributed by atoms with Crippen molar-refractivity contribution in [3.8, 4) is 0 Å². The van der Waals surface area contributed by atoms with E-state index in [1.54, 1.807) is 12.1 Å². The van der Waals surface area contributed by atoms with Crippen molar-refractivity contribution >= 4 is 5.97 Å². The SMILES string of the molecule is O=C(O)[C@H]1NC[C@H](OCc2ccc(F)cc2)[C@H]1O. The molecular weight excluding hydrogens is 241 g/mol. The van der Waals surface area contributed by atoms with Crippen molar-refractivity contribution in [3.63, 3.8) is 0 Å². The standard InChI is InChI=1S/C12H14FNO4/c13-8-3-1-7(2-4-8)6-18-9-5-14-10(11(9)15)12(16)17/h1-4,9-11,14-15H,5-6H2,(H,16,17)/t9-,10-,11+/m0/s1. The van der Waals surface area contributed by atoms with Gasteiger partial charge in [0.2, 0.25) is 0 Å². The highest BCUT2D eigenvalue weighted by Gasteiger charge is 2.39. The summed E-state index contributed by atoms with van der Waals surface area (Å²) in [6.45, 7) is 0.482. The second-order valence-electron chi connectivity index (χ2n) is 4.19. The molecule has 1 aromatic carbocycles. The van der Waals surface area contributed by atoms with Crippen LogP contribution < -0.4 is 5.32 Å². The van der Waals surface area contributed by atoms with Gasteiger partial charge in [-0.3, -0.25) is 10.1 Å². The summed E-state index contributed by atoms with van der Waals surface area (Å²) in [6, 6.07) is 4.81. The van der Waals surface area contributed by atoms with Crippen LogP contribution in [-0.4, -0.2) is 41.0 Å². The smallest absolute Gasteiger partial charge is 0.323 e. The van der Waals surface area contributed by atoms with Crippen LogP contribution >= 0.6 is 0 Å². The van der Waals surface area contributed by atoms with Crippen LogP contribution in [0.3, 0.4) is 0 Å². The Hall–Kier alpha value is -1.50. The zero-order chi connectivity index (χ0) is 13.1. The van der Waals surface area contributed by atoms with E-state index >= 15 is 0 Å². The summed E-state index contributed by atoms with van der Waals surface area (Å²) in [5, 5.41) is 21.2. The molecule has 0 aliphatic carbocycles. The van der Waals surface area contributed by atoms with Crippen molar-refractivity contribution in [1.82, 2.24) is 5.32 Å². The fourth-order valence-electron chi connectivity index (χ4n) is 1.87. The first-order valence-corrected chi connectivity index (χ1v) is 5.58. The van der Waals surface area contributed by atoms with Gasteiger partial charge in [-0.1, -0.05) is 12.1 Å². The van der Waals surface area contributed by atoms with Crippen LogP contribution in [0.2, 0.25) is 0 Å². The van der Waals surface area contributed by atoms with Crippen LogP contribution in [0.25, 0.3) is 0 Å². The Bertz CT molecular complexity index is 423. The highest BCUT2D eigenvalue weighted by atomic mass is 19.1. The Kier molecular flexibility index (Phi) is 3.90. The molecular formula is C12H14FNO4. The number of hydrogen-bond donors (Lipinski definition) is 3. The van der Waals surface area contributed by atoms with Crippen LogP contribution in [-0.2, 0) is 16.1 Å². The number of carbonyl (C=O) groups is 1. The van der Waals surface area contributed by atoms with E-state index in [9.17, 15) is 14.3 Å². The molecule has 0 saturated carbocycles. The molecule has 1 aliphatic heterocycles. The van der Waals surface area contributed by atoms with E-state index < -0.39 is 24.2 Å². The lowest BCUT2D eigenvalue weighted by atomic mass is 10.1. The fourth-order valence-corrected chi connectivity index (χ4v) is 1.87. The van der Waals surface area contributed by atoms with Gasteiger partial charge in [0.05, 0.1) is 12.7 Å². The summed E-state index contributed by atoms with van der Waals surface area (Å²) in [7, 11) is 0. The van der Waals surface area contributed by atoms with Gasteiger partial charge >= 0.3 is 5.97 Å². The van der Waals surface area contributed by atoms with Crippen molar-refractivity contribution in [2.75, 3.05) is 6.54 Å². The van der Waals surface area contributed by atoms with Gasteiger partial charge in [-0.15, -0.1) is 0 Å². The molecule has 1 heterocycles. The minimum atomic E-state index is -1.10. The summed E-state index contributed by atoms with van der Waals surface area (Å²) in [6.07, 6.45) is -1.65. The third kappa shape index (κ3) is 2.84. The Morgan fingerprint density at radius 2 is 2.11 bits per heavy atom. The number of aliphatic carboxylic acids is 1. The number of rotatable bonds is 4. The van der Waals surface area contributed by atoms with Gasteiger partial charge in [0.15, 0.2) is 0 Å². The summed E-state index contributed by atoms with van der Waals surface area (Å²) in [5.41, 5.74) is 0.766. The number of aliphatic hydroxyl groups is 1. The van der Waals surface area contributed by atoms with Gasteiger partial charge in [-0.05, 0) is 17.7 Å². The van der Waals surface area contributed by atoms with Crippen LogP contribution in [0.1, 0.15) is 5.56 Å². The number of hydrogen-bond acceptors (Lipinski definition) is 4. The zero-order valence-corrected chi connectivity index (χ0v) is 9.54. The van der Waals surface area contributed by atoms with E-state index in [2.05, 4.69) is 5.32 Å². The largest absolute Gasteiger partial charge is 0.480 e. The summed E-state index contributed by atoms with van der Waals surface area (Å²) >= 11 is 0. The maximum atomic E-state index is 12.7. The summed E-state index contributed by atoms with van der Waals surface area (Å²) < 4.78 is 18.1. The van der Waals surface area contributed by atoms with Crippen molar-refractivity contribution in [3.05, 3.63) is 35.6 Å². The first-order chi connectivity index (χ1) is 8.58. The average molecular weight is 255 g/mol. The van der Waals surface area contributed by atoms with Gasteiger partial charge < -0.3 is 14.9 Å². The lowest BCUT2D eigenvalue weighted by Crippen LogP contribution is -2.40. The third-order valence-electron chi connectivity index (χ3n) is 2.90. The second-order valence-corrected chi connectivity index (χ2v) is 4.19. The van der Waals surface area contributed by atoms with Crippen molar-refractivity contribution in [1.29, 1.82) is 0 Å². The zero-order valence-electron chi connectivity index (χ0n) is 9.54. The molecule has 1 aliphatic rings. The van der Waals surface area contributed by atoms with Crippen molar-refractivity contribution < 1.29 is 24.1 Å². The maximum absolute atomic E-state index is 12.7. The van der Waals surface area contributed by atoms with Crippen LogP contribution in [0.4, 0.5) is 4.39 Å². The number of aliphatic hydroxyl groups excluding tert-OH is 1. The summed E-state index contributed by atoms with van der Waals surface area (Å²) in [5.74, 6) is -1.43. The molecule has 1 saturated heterocycles. The highest BCUT2D eigenvalue weighted by Crippen LogP contribution is 2.14. The summed E-state index contributed by atoms with van der Waals surface area (Å²) in [4.78, 5) is 10.7. The quantitative estimate of drug-likeness (QED) is 0.712. The number of nitrogens with one attached hydrogen (secondary N) is 1. The molecule has 0 radical (unpaired) electrons. The molecule has 2 rings (SSSR count). The van der Waals surface area contributed by atoms with E-state index in [4.69, 9.17) is 9.84 Å². The van der Waals surface area contributed by atoms with Crippen molar-refractivity contribution in [2.45, 2.75) is 24.9 Å². The molecule has 18 heavy (non-hydrogen) atoms. The maximum Gasteiger partial charge on any atom is 0.323 e. The lowest BCUT2D eigenvalue weighted by molar-refractivity contribution is -0.142. The van der Waals surface area contributed by atoms with E-state index in [1.165, 1.54) is 12.1 Å². The lowest BCUT2D eigenvalue weighted by Gasteiger charge is -2.16.